The molecule has 1 heterocycles. The molecule has 2 rings (SSSR count). The molecule has 1 aliphatic carbocycles. The molecule has 0 radical (unpaired) electrons. The molecule has 1 fully saturated rings. The van der Waals surface area contributed by atoms with Crippen LogP contribution in [0, 0.1) is 5.92 Å². The van der Waals surface area contributed by atoms with Gasteiger partial charge in [-0.2, -0.15) is 0 Å². The maximum atomic E-state index is 11.8. The molecule has 1 N–H and O–H groups in total. The van der Waals surface area contributed by atoms with E-state index in [9.17, 15) is 8.42 Å². The lowest BCUT2D eigenvalue weighted by atomic mass is 10.5. The summed E-state index contributed by atoms with van der Waals surface area (Å²) in [4.78, 5) is 3.84. The molecule has 0 spiro atoms. The van der Waals surface area contributed by atoms with Crippen LogP contribution < -0.4 is 4.72 Å². The summed E-state index contributed by atoms with van der Waals surface area (Å²) in [5, 5.41) is 0.265. The summed E-state index contributed by atoms with van der Waals surface area (Å²) >= 11 is 5.60. The summed E-state index contributed by atoms with van der Waals surface area (Å²) in [5.74, 6) is 0.682. The van der Waals surface area contributed by atoms with E-state index in [0.29, 0.717) is 12.5 Å². The van der Waals surface area contributed by atoms with Gasteiger partial charge in [-0.15, -0.1) is 0 Å². The van der Waals surface area contributed by atoms with E-state index in [2.05, 4.69) is 9.71 Å². The molecule has 0 amide bonds. The number of ether oxygens (including phenoxy) is 1. The van der Waals surface area contributed by atoms with Crippen LogP contribution in [0.25, 0.3) is 0 Å². The largest absolute Gasteiger partial charge is 0.380 e. The predicted octanol–water partition coefficient (Wildman–Crippen LogP) is 1.44. The molecule has 1 aliphatic rings. The Bertz CT molecular complexity index is 486. The highest BCUT2D eigenvalue weighted by molar-refractivity contribution is 7.89. The summed E-state index contributed by atoms with van der Waals surface area (Å²) in [7, 11) is -3.51. The number of hydrogen-bond donors (Lipinski definition) is 1. The van der Waals surface area contributed by atoms with Crippen molar-refractivity contribution in [3.05, 3.63) is 23.5 Å². The zero-order valence-electron chi connectivity index (χ0n) is 9.80. The van der Waals surface area contributed by atoms with Gasteiger partial charge in [-0.1, -0.05) is 11.6 Å². The molecule has 1 aromatic rings. The zero-order chi connectivity index (χ0) is 13.0. The average Bonchev–Trinajstić information content (AvgIpc) is 3.13. The second-order valence-electron chi connectivity index (χ2n) is 4.23. The number of pyridine rings is 1. The van der Waals surface area contributed by atoms with Crippen LogP contribution in [0.15, 0.2) is 23.2 Å². The van der Waals surface area contributed by atoms with Crippen LogP contribution in [0.4, 0.5) is 0 Å². The molecule has 0 unspecified atom stereocenters. The van der Waals surface area contributed by atoms with Gasteiger partial charge in [0.05, 0.1) is 6.61 Å². The number of nitrogens with zero attached hydrogens (tertiary/aromatic N) is 1. The quantitative estimate of drug-likeness (QED) is 0.609. The fourth-order valence-electron chi connectivity index (χ4n) is 1.39. The van der Waals surface area contributed by atoms with Crippen LogP contribution in [0.5, 0.6) is 0 Å². The smallest absolute Gasteiger partial charge is 0.242 e. The average molecular weight is 291 g/mol. The molecule has 7 heteroatoms. The van der Waals surface area contributed by atoms with E-state index in [4.69, 9.17) is 16.3 Å². The first kappa shape index (κ1) is 13.7. The minimum absolute atomic E-state index is 0.106. The van der Waals surface area contributed by atoms with Gasteiger partial charge >= 0.3 is 0 Å². The third-order valence-corrected chi connectivity index (χ3v) is 4.27. The van der Waals surface area contributed by atoms with Crippen molar-refractivity contribution in [3.63, 3.8) is 0 Å². The van der Waals surface area contributed by atoms with Crippen molar-refractivity contribution in [2.24, 2.45) is 5.92 Å². The van der Waals surface area contributed by atoms with Crippen molar-refractivity contribution < 1.29 is 13.2 Å². The van der Waals surface area contributed by atoms with Crippen molar-refractivity contribution in [2.45, 2.75) is 17.7 Å². The molecule has 0 aliphatic heterocycles. The van der Waals surface area contributed by atoms with Crippen LogP contribution in [0.3, 0.4) is 0 Å². The van der Waals surface area contributed by atoms with Crippen LogP contribution in [-0.4, -0.2) is 33.2 Å². The molecule has 0 saturated heterocycles. The molecular formula is C11H15ClN2O3S. The maximum absolute atomic E-state index is 11.8. The van der Waals surface area contributed by atoms with Crippen molar-refractivity contribution in [2.75, 3.05) is 19.8 Å². The third kappa shape index (κ3) is 4.20. The van der Waals surface area contributed by atoms with E-state index < -0.39 is 10.0 Å². The normalized spacial score (nSPS) is 15.8. The second kappa shape index (κ2) is 5.97. The van der Waals surface area contributed by atoms with Crippen LogP contribution in [-0.2, 0) is 14.8 Å². The standard InChI is InChI=1S/C11H15ClN2O3S/c12-11-4-3-10(7-13-11)18(15,16)14-5-6-17-8-9-1-2-9/h3-4,7,9,14H,1-2,5-6,8H2. The van der Waals surface area contributed by atoms with Crippen molar-refractivity contribution >= 4 is 21.6 Å². The fraction of sp³-hybridized carbons (Fsp3) is 0.545. The lowest BCUT2D eigenvalue weighted by molar-refractivity contribution is 0.129. The summed E-state index contributed by atoms with van der Waals surface area (Å²) < 4.78 is 31.4. The molecule has 1 aromatic heterocycles. The molecular weight excluding hydrogens is 276 g/mol. The number of aromatic nitrogens is 1. The number of sulfonamides is 1. The van der Waals surface area contributed by atoms with Crippen LogP contribution >= 0.6 is 11.6 Å². The van der Waals surface area contributed by atoms with Crippen LogP contribution in [0.2, 0.25) is 5.15 Å². The summed E-state index contributed by atoms with van der Waals surface area (Å²) in [6.07, 6.45) is 3.68. The van der Waals surface area contributed by atoms with Gasteiger partial charge in [-0.05, 0) is 30.9 Å². The minimum Gasteiger partial charge on any atom is -0.380 e. The number of halogens is 1. The number of rotatable bonds is 7. The first-order chi connectivity index (χ1) is 8.58. The molecule has 18 heavy (non-hydrogen) atoms. The lowest BCUT2D eigenvalue weighted by Crippen LogP contribution is -2.27. The van der Waals surface area contributed by atoms with Gasteiger partial charge in [0.25, 0.3) is 0 Å². The molecule has 0 atom stereocenters. The van der Waals surface area contributed by atoms with Gasteiger partial charge in [0.1, 0.15) is 10.0 Å². The van der Waals surface area contributed by atoms with Gasteiger partial charge in [0.15, 0.2) is 0 Å². The SMILES string of the molecule is O=S(=O)(NCCOCC1CC1)c1ccc(Cl)nc1. The van der Waals surface area contributed by atoms with Gasteiger partial charge < -0.3 is 4.74 Å². The van der Waals surface area contributed by atoms with E-state index in [1.807, 2.05) is 0 Å². The summed E-state index contributed by atoms with van der Waals surface area (Å²) in [6.45, 7) is 1.37. The molecule has 100 valence electrons. The van der Waals surface area contributed by atoms with Crippen LogP contribution in [0.1, 0.15) is 12.8 Å². The van der Waals surface area contributed by atoms with Crippen molar-refractivity contribution in [1.29, 1.82) is 0 Å². The fourth-order valence-corrected chi connectivity index (χ4v) is 2.46. The first-order valence-electron chi connectivity index (χ1n) is 5.77. The van der Waals surface area contributed by atoms with Crippen molar-refractivity contribution in [1.82, 2.24) is 9.71 Å². The monoisotopic (exact) mass is 290 g/mol. The van der Waals surface area contributed by atoms with Crippen molar-refractivity contribution in [3.8, 4) is 0 Å². The van der Waals surface area contributed by atoms with E-state index in [1.54, 1.807) is 0 Å². The topological polar surface area (TPSA) is 68.3 Å². The lowest BCUT2D eigenvalue weighted by Gasteiger charge is -2.07. The third-order valence-electron chi connectivity index (χ3n) is 2.60. The van der Waals surface area contributed by atoms with Gasteiger partial charge in [-0.3, -0.25) is 0 Å². The highest BCUT2D eigenvalue weighted by Crippen LogP contribution is 2.28. The Morgan fingerprint density at radius 3 is 2.83 bits per heavy atom. The predicted molar refractivity (Wildman–Crippen MR) is 68.0 cm³/mol. The Hall–Kier alpha value is -0.690. The number of nitrogens with one attached hydrogen (secondary N) is 1. The first-order valence-corrected chi connectivity index (χ1v) is 7.63. The zero-order valence-corrected chi connectivity index (χ0v) is 11.4. The molecule has 0 bridgehead atoms. The van der Waals surface area contributed by atoms with Gasteiger partial charge in [0, 0.05) is 19.3 Å². The Morgan fingerprint density at radius 2 is 2.22 bits per heavy atom. The molecule has 0 aromatic carbocycles. The highest BCUT2D eigenvalue weighted by Gasteiger charge is 2.21. The summed E-state index contributed by atoms with van der Waals surface area (Å²) in [6, 6.07) is 2.86. The van der Waals surface area contributed by atoms with E-state index >= 15 is 0 Å². The van der Waals surface area contributed by atoms with Gasteiger partial charge in [-0.25, -0.2) is 18.1 Å². The molecule has 1 saturated carbocycles. The highest BCUT2D eigenvalue weighted by atomic mass is 35.5. The van der Waals surface area contributed by atoms with E-state index in [1.165, 1.54) is 31.2 Å². The minimum atomic E-state index is -3.51. The maximum Gasteiger partial charge on any atom is 0.242 e. The second-order valence-corrected chi connectivity index (χ2v) is 6.39. The van der Waals surface area contributed by atoms with E-state index in [-0.39, 0.29) is 16.6 Å². The Kier molecular flexibility index (Phi) is 4.55. The van der Waals surface area contributed by atoms with E-state index in [0.717, 1.165) is 6.61 Å². The number of hydrogen-bond acceptors (Lipinski definition) is 4. The molecule has 5 nitrogen and oxygen atoms in total. The van der Waals surface area contributed by atoms with Gasteiger partial charge in [0.2, 0.25) is 10.0 Å². The Balaban J connectivity index is 1.77. The Morgan fingerprint density at radius 1 is 1.44 bits per heavy atom. The Labute approximate surface area is 112 Å². The summed E-state index contributed by atoms with van der Waals surface area (Å²) in [5.41, 5.74) is 0.